The third-order valence-corrected chi connectivity index (χ3v) is 7.59. The Bertz CT molecular complexity index is 1760. The minimum absolute atomic E-state index is 0.535. The number of rotatable bonds is 13. The molecule has 5 heteroatoms. The Morgan fingerprint density at radius 3 is 1.75 bits per heavy atom. The largest absolute Gasteiger partial charge is 0.492 e. The van der Waals surface area contributed by atoms with Crippen molar-refractivity contribution in [1.29, 1.82) is 0 Å². The summed E-state index contributed by atoms with van der Waals surface area (Å²) in [6.07, 6.45) is 0. The first kappa shape index (κ1) is 29.1. The third-order valence-electron chi connectivity index (χ3n) is 7.59. The van der Waals surface area contributed by atoms with Gasteiger partial charge in [-0.15, -0.1) is 0 Å². The van der Waals surface area contributed by atoms with E-state index < -0.39 is 0 Å². The van der Waals surface area contributed by atoms with Gasteiger partial charge in [-0.3, -0.25) is 0 Å². The maximum absolute atomic E-state index is 6.17. The second-order valence-corrected chi connectivity index (χ2v) is 11.2. The molecule has 44 heavy (non-hydrogen) atoms. The summed E-state index contributed by atoms with van der Waals surface area (Å²) >= 11 is 0. The van der Waals surface area contributed by atoms with Gasteiger partial charge in [0, 0.05) is 29.7 Å². The van der Waals surface area contributed by atoms with E-state index in [0.717, 1.165) is 63.6 Å². The van der Waals surface area contributed by atoms with E-state index in [1.807, 2.05) is 36.4 Å². The molecule has 0 bridgehead atoms. The van der Waals surface area contributed by atoms with Crippen LogP contribution in [0.25, 0.3) is 22.2 Å². The maximum Gasteiger partial charge on any atom is 0.120 e. The molecule has 0 fully saturated rings. The number of benzene rings is 5. The Hall–Kier alpha value is -5.00. The molecule has 1 aromatic heterocycles. The van der Waals surface area contributed by atoms with Gasteiger partial charge in [-0.2, -0.15) is 0 Å². The molecule has 0 atom stereocenters. The summed E-state index contributed by atoms with van der Waals surface area (Å²) in [6.45, 7) is 3.35. The van der Waals surface area contributed by atoms with Crippen LogP contribution in [0.4, 0.5) is 0 Å². The van der Waals surface area contributed by atoms with Gasteiger partial charge >= 0.3 is 0 Å². The topological polar surface area (TPSA) is 35.9 Å². The fraction of sp³-hybridized carbons (Fsp3) is 0.179. The fourth-order valence-corrected chi connectivity index (χ4v) is 5.17. The normalized spacial score (nSPS) is 11.2. The molecule has 0 aliphatic heterocycles. The van der Waals surface area contributed by atoms with Crippen molar-refractivity contribution in [2.75, 3.05) is 27.2 Å². The molecule has 0 saturated carbocycles. The van der Waals surface area contributed by atoms with Gasteiger partial charge in [0.05, 0.1) is 0 Å². The van der Waals surface area contributed by atoms with Crippen LogP contribution in [-0.2, 0) is 19.8 Å². The van der Waals surface area contributed by atoms with Gasteiger partial charge in [-0.05, 0) is 97.0 Å². The standard InChI is InChI=1S/C39H38N2O3/c1-40(2)23-24-42-35-17-13-30(14-18-35)27-41-38-22-21-37(44-29-32-11-7-4-8-12-32)25-34(38)26-39(41)33-15-19-36(20-16-33)43-28-31-9-5-3-6-10-31/h3-22,25-26H,23-24,27-29H2,1-2H3. The van der Waals surface area contributed by atoms with Gasteiger partial charge < -0.3 is 23.7 Å². The van der Waals surface area contributed by atoms with Crippen LogP contribution in [-0.4, -0.2) is 36.7 Å². The Balaban J connectivity index is 1.25. The van der Waals surface area contributed by atoms with Crippen molar-refractivity contribution >= 4 is 10.9 Å². The molecule has 0 spiro atoms. The molecule has 0 aliphatic carbocycles. The number of aromatic nitrogens is 1. The highest BCUT2D eigenvalue weighted by molar-refractivity contribution is 5.88. The summed E-state index contributed by atoms with van der Waals surface area (Å²) in [7, 11) is 4.10. The second-order valence-electron chi connectivity index (χ2n) is 11.2. The minimum atomic E-state index is 0.535. The van der Waals surface area contributed by atoms with Crippen molar-refractivity contribution in [2.24, 2.45) is 0 Å². The number of nitrogens with zero attached hydrogens (tertiary/aromatic N) is 2. The summed E-state index contributed by atoms with van der Waals surface area (Å²) in [5, 5.41) is 1.14. The number of hydrogen-bond donors (Lipinski definition) is 0. The van der Waals surface area contributed by atoms with E-state index in [2.05, 4.69) is 121 Å². The van der Waals surface area contributed by atoms with E-state index in [0.29, 0.717) is 19.8 Å². The van der Waals surface area contributed by atoms with Crippen molar-refractivity contribution in [3.8, 4) is 28.5 Å². The molecule has 222 valence electrons. The average molecular weight is 583 g/mol. The van der Waals surface area contributed by atoms with E-state index in [4.69, 9.17) is 14.2 Å². The zero-order valence-corrected chi connectivity index (χ0v) is 25.4. The number of likely N-dealkylation sites (N-methyl/N-ethyl adjacent to an activating group) is 1. The second kappa shape index (κ2) is 14.0. The number of ether oxygens (including phenoxy) is 3. The lowest BCUT2D eigenvalue weighted by atomic mass is 10.1. The predicted octanol–water partition coefficient (Wildman–Crippen LogP) is 8.46. The fourth-order valence-electron chi connectivity index (χ4n) is 5.17. The molecule has 6 rings (SSSR count). The zero-order valence-electron chi connectivity index (χ0n) is 25.4. The van der Waals surface area contributed by atoms with Crippen molar-refractivity contribution in [1.82, 2.24) is 9.47 Å². The molecule has 5 aromatic carbocycles. The van der Waals surface area contributed by atoms with Crippen molar-refractivity contribution in [2.45, 2.75) is 19.8 Å². The van der Waals surface area contributed by atoms with E-state index in [1.165, 1.54) is 5.56 Å². The Labute approximate surface area is 259 Å². The Morgan fingerprint density at radius 2 is 1.11 bits per heavy atom. The monoisotopic (exact) mass is 582 g/mol. The van der Waals surface area contributed by atoms with Crippen molar-refractivity contribution < 1.29 is 14.2 Å². The number of hydrogen-bond acceptors (Lipinski definition) is 4. The molecule has 6 aromatic rings. The van der Waals surface area contributed by atoms with Crippen molar-refractivity contribution in [3.05, 3.63) is 150 Å². The summed E-state index contributed by atoms with van der Waals surface area (Å²) in [6, 6.07) is 45.9. The van der Waals surface area contributed by atoms with Gasteiger partial charge in [0.1, 0.15) is 37.1 Å². The highest BCUT2D eigenvalue weighted by Crippen LogP contribution is 2.33. The van der Waals surface area contributed by atoms with Gasteiger partial charge in [-0.1, -0.05) is 72.8 Å². The predicted molar refractivity (Wildman–Crippen MR) is 179 cm³/mol. The lowest BCUT2D eigenvalue weighted by Crippen LogP contribution is -2.19. The Morgan fingerprint density at radius 1 is 0.545 bits per heavy atom. The lowest BCUT2D eigenvalue weighted by Gasteiger charge is -2.14. The quantitative estimate of drug-likeness (QED) is 0.137. The van der Waals surface area contributed by atoms with Crippen LogP contribution in [0.3, 0.4) is 0 Å². The molecule has 1 heterocycles. The molecule has 0 radical (unpaired) electrons. The first-order valence-electron chi connectivity index (χ1n) is 15.0. The summed E-state index contributed by atoms with van der Waals surface area (Å²) in [4.78, 5) is 2.12. The highest BCUT2D eigenvalue weighted by atomic mass is 16.5. The SMILES string of the molecule is CN(C)CCOc1ccc(Cn2c(-c3ccc(OCc4ccccc4)cc3)cc3cc(OCc4ccccc4)ccc32)cc1. The van der Waals surface area contributed by atoms with E-state index >= 15 is 0 Å². The molecule has 0 aliphatic rings. The molecular weight excluding hydrogens is 544 g/mol. The van der Waals surface area contributed by atoms with Crippen LogP contribution in [0.5, 0.6) is 17.2 Å². The maximum atomic E-state index is 6.17. The molecule has 5 nitrogen and oxygen atoms in total. The first-order chi connectivity index (χ1) is 21.6. The molecular formula is C39H38N2O3. The minimum Gasteiger partial charge on any atom is -0.492 e. The third kappa shape index (κ3) is 7.49. The van der Waals surface area contributed by atoms with Crippen LogP contribution >= 0.6 is 0 Å². The summed E-state index contributed by atoms with van der Waals surface area (Å²) in [5.74, 6) is 2.59. The van der Waals surface area contributed by atoms with Crippen LogP contribution < -0.4 is 14.2 Å². The summed E-state index contributed by atoms with van der Waals surface area (Å²) < 4.78 is 20.5. The summed E-state index contributed by atoms with van der Waals surface area (Å²) in [5.41, 5.74) is 6.93. The van der Waals surface area contributed by atoms with Crippen LogP contribution in [0.1, 0.15) is 16.7 Å². The van der Waals surface area contributed by atoms with Gasteiger partial charge in [0.25, 0.3) is 0 Å². The van der Waals surface area contributed by atoms with E-state index in [1.54, 1.807) is 0 Å². The van der Waals surface area contributed by atoms with Crippen LogP contribution in [0.15, 0.2) is 133 Å². The average Bonchev–Trinajstić information content (AvgIpc) is 3.42. The molecule has 0 unspecified atom stereocenters. The highest BCUT2D eigenvalue weighted by Gasteiger charge is 2.13. The van der Waals surface area contributed by atoms with Crippen LogP contribution in [0, 0.1) is 0 Å². The zero-order chi connectivity index (χ0) is 30.1. The van der Waals surface area contributed by atoms with E-state index in [9.17, 15) is 0 Å². The van der Waals surface area contributed by atoms with Crippen molar-refractivity contribution in [3.63, 3.8) is 0 Å². The van der Waals surface area contributed by atoms with Gasteiger partial charge in [-0.25, -0.2) is 0 Å². The molecule has 0 N–H and O–H groups in total. The van der Waals surface area contributed by atoms with Crippen LogP contribution in [0.2, 0.25) is 0 Å². The lowest BCUT2D eigenvalue weighted by molar-refractivity contribution is 0.261. The van der Waals surface area contributed by atoms with Gasteiger partial charge in [0.2, 0.25) is 0 Å². The smallest absolute Gasteiger partial charge is 0.120 e. The van der Waals surface area contributed by atoms with Gasteiger partial charge in [0.15, 0.2) is 0 Å². The number of fused-ring (bicyclic) bond motifs is 1. The molecule has 0 amide bonds. The van der Waals surface area contributed by atoms with E-state index in [-0.39, 0.29) is 0 Å². The Kier molecular flexibility index (Phi) is 9.24. The molecule has 0 saturated heterocycles. The first-order valence-corrected chi connectivity index (χ1v) is 15.0.